The molecule has 0 fully saturated rings. The van der Waals surface area contributed by atoms with Gasteiger partial charge in [-0.15, -0.1) is 11.3 Å². The van der Waals surface area contributed by atoms with Gasteiger partial charge >= 0.3 is 0 Å². The first-order chi connectivity index (χ1) is 8.28. The molecule has 0 aromatic carbocycles. The van der Waals surface area contributed by atoms with Crippen LogP contribution in [0.25, 0.3) is 0 Å². The topological polar surface area (TPSA) is 62.7 Å². The number of nitrogens with one attached hydrogen (secondary N) is 2. The predicted octanol–water partition coefficient (Wildman–Crippen LogP) is 2.29. The molecule has 0 aliphatic carbocycles. The molecular formula is C11H15N5S. The van der Waals surface area contributed by atoms with E-state index >= 15 is 0 Å². The second-order valence-corrected chi connectivity index (χ2v) is 4.27. The van der Waals surface area contributed by atoms with Crippen molar-refractivity contribution in [3.8, 4) is 0 Å². The molecule has 0 spiro atoms. The van der Waals surface area contributed by atoms with Crippen LogP contribution in [-0.4, -0.2) is 21.5 Å². The van der Waals surface area contributed by atoms with Crippen LogP contribution in [0, 0.1) is 6.92 Å². The molecule has 2 aromatic heterocycles. The van der Waals surface area contributed by atoms with Gasteiger partial charge in [0.2, 0.25) is 0 Å². The largest absolute Gasteiger partial charge is 0.370 e. The third-order valence-electron chi connectivity index (χ3n) is 2.13. The lowest BCUT2D eigenvalue weighted by molar-refractivity contribution is 0.998. The van der Waals surface area contributed by atoms with E-state index in [-0.39, 0.29) is 0 Å². The SMILES string of the molecule is CCNc1cc(NCc2cscn2)nc(C)n1. The highest BCUT2D eigenvalue weighted by Gasteiger charge is 2.01. The monoisotopic (exact) mass is 249 g/mol. The summed E-state index contributed by atoms with van der Waals surface area (Å²) in [5.41, 5.74) is 2.85. The van der Waals surface area contributed by atoms with Crippen LogP contribution in [0.3, 0.4) is 0 Å². The normalized spacial score (nSPS) is 10.2. The summed E-state index contributed by atoms with van der Waals surface area (Å²) in [4.78, 5) is 12.8. The number of hydrogen-bond donors (Lipinski definition) is 2. The Hall–Kier alpha value is -1.69. The second kappa shape index (κ2) is 5.58. The summed E-state index contributed by atoms with van der Waals surface area (Å²) in [7, 11) is 0. The van der Waals surface area contributed by atoms with Crippen LogP contribution in [-0.2, 0) is 6.54 Å². The summed E-state index contributed by atoms with van der Waals surface area (Å²) in [6, 6.07) is 1.91. The van der Waals surface area contributed by atoms with E-state index in [2.05, 4.69) is 25.6 Å². The van der Waals surface area contributed by atoms with Crippen LogP contribution in [0.1, 0.15) is 18.4 Å². The van der Waals surface area contributed by atoms with Crippen molar-refractivity contribution >= 4 is 23.0 Å². The number of anilines is 2. The highest BCUT2D eigenvalue weighted by molar-refractivity contribution is 7.07. The zero-order chi connectivity index (χ0) is 12.1. The van der Waals surface area contributed by atoms with Crippen molar-refractivity contribution in [3.63, 3.8) is 0 Å². The van der Waals surface area contributed by atoms with E-state index in [4.69, 9.17) is 0 Å². The molecule has 6 heteroatoms. The van der Waals surface area contributed by atoms with Gasteiger partial charge < -0.3 is 10.6 Å². The van der Waals surface area contributed by atoms with E-state index in [0.29, 0.717) is 6.54 Å². The van der Waals surface area contributed by atoms with Gasteiger partial charge in [-0.3, -0.25) is 0 Å². The Morgan fingerprint density at radius 1 is 1.24 bits per heavy atom. The van der Waals surface area contributed by atoms with Crippen LogP contribution in [0.4, 0.5) is 11.6 Å². The Bertz CT molecular complexity index is 469. The number of rotatable bonds is 5. The van der Waals surface area contributed by atoms with E-state index in [0.717, 1.165) is 29.7 Å². The molecule has 0 amide bonds. The fourth-order valence-electron chi connectivity index (χ4n) is 1.44. The predicted molar refractivity (Wildman–Crippen MR) is 70.4 cm³/mol. The molecule has 0 saturated carbocycles. The zero-order valence-electron chi connectivity index (χ0n) is 9.90. The molecule has 17 heavy (non-hydrogen) atoms. The van der Waals surface area contributed by atoms with Crippen molar-refractivity contribution in [2.75, 3.05) is 17.2 Å². The van der Waals surface area contributed by atoms with Crippen LogP contribution in [0.2, 0.25) is 0 Å². The van der Waals surface area contributed by atoms with E-state index < -0.39 is 0 Å². The first-order valence-electron chi connectivity index (χ1n) is 5.48. The fraction of sp³-hybridized carbons (Fsp3) is 0.364. The van der Waals surface area contributed by atoms with Crippen LogP contribution in [0.15, 0.2) is 17.0 Å². The van der Waals surface area contributed by atoms with E-state index in [1.807, 2.05) is 30.8 Å². The summed E-state index contributed by atoms with van der Waals surface area (Å²) < 4.78 is 0. The van der Waals surface area contributed by atoms with Crippen LogP contribution >= 0.6 is 11.3 Å². The maximum absolute atomic E-state index is 4.33. The zero-order valence-corrected chi connectivity index (χ0v) is 10.7. The molecule has 2 N–H and O–H groups in total. The Balaban J connectivity index is 2.04. The highest BCUT2D eigenvalue weighted by atomic mass is 32.1. The third kappa shape index (κ3) is 3.39. The molecule has 0 aliphatic rings. The molecule has 2 rings (SSSR count). The number of aryl methyl sites for hydroxylation is 1. The molecule has 90 valence electrons. The molecule has 0 unspecified atom stereocenters. The van der Waals surface area contributed by atoms with Crippen molar-refractivity contribution < 1.29 is 0 Å². The molecule has 0 radical (unpaired) electrons. The maximum Gasteiger partial charge on any atom is 0.132 e. The van der Waals surface area contributed by atoms with Crippen LogP contribution in [0.5, 0.6) is 0 Å². The van der Waals surface area contributed by atoms with Gasteiger partial charge in [0.1, 0.15) is 17.5 Å². The number of thiazole rings is 1. The minimum absolute atomic E-state index is 0.686. The second-order valence-electron chi connectivity index (χ2n) is 3.55. The molecule has 2 aromatic rings. The van der Waals surface area contributed by atoms with Crippen molar-refractivity contribution in [1.82, 2.24) is 15.0 Å². The Kier molecular flexibility index (Phi) is 3.87. The molecule has 0 bridgehead atoms. The summed E-state index contributed by atoms with van der Waals surface area (Å²) in [5, 5.41) is 8.44. The average molecular weight is 249 g/mol. The summed E-state index contributed by atoms with van der Waals surface area (Å²) in [6.07, 6.45) is 0. The molecule has 0 saturated heterocycles. The molecular weight excluding hydrogens is 234 g/mol. The highest BCUT2D eigenvalue weighted by Crippen LogP contribution is 2.12. The van der Waals surface area contributed by atoms with Gasteiger partial charge in [0.05, 0.1) is 17.7 Å². The van der Waals surface area contributed by atoms with Crippen molar-refractivity contribution in [2.45, 2.75) is 20.4 Å². The molecule has 2 heterocycles. The Morgan fingerprint density at radius 3 is 2.65 bits per heavy atom. The average Bonchev–Trinajstić information content (AvgIpc) is 2.79. The smallest absolute Gasteiger partial charge is 0.132 e. The van der Waals surface area contributed by atoms with Gasteiger partial charge in [-0.05, 0) is 13.8 Å². The third-order valence-corrected chi connectivity index (χ3v) is 2.77. The molecule has 5 nitrogen and oxygen atoms in total. The first kappa shape index (κ1) is 11.8. The molecule has 0 atom stereocenters. The van der Waals surface area contributed by atoms with Gasteiger partial charge in [0.25, 0.3) is 0 Å². The lowest BCUT2D eigenvalue weighted by Crippen LogP contribution is -2.06. The van der Waals surface area contributed by atoms with E-state index in [1.165, 1.54) is 0 Å². The Labute approximate surface area is 104 Å². The standard InChI is InChI=1S/C11H15N5S/c1-3-12-10-4-11(16-8(2)15-10)13-5-9-6-17-7-14-9/h4,6-7H,3,5H2,1-2H3,(H2,12,13,15,16). The minimum Gasteiger partial charge on any atom is -0.370 e. The fourth-order valence-corrected chi connectivity index (χ4v) is 1.99. The van der Waals surface area contributed by atoms with Crippen molar-refractivity contribution in [1.29, 1.82) is 0 Å². The number of nitrogens with zero attached hydrogens (tertiary/aromatic N) is 3. The van der Waals surface area contributed by atoms with Crippen LogP contribution < -0.4 is 10.6 Å². The van der Waals surface area contributed by atoms with Crippen molar-refractivity contribution in [2.24, 2.45) is 0 Å². The van der Waals surface area contributed by atoms with Gasteiger partial charge in [-0.2, -0.15) is 0 Å². The summed E-state index contributed by atoms with van der Waals surface area (Å²) in [6.45, 7) is 5.46. The van der Waals surface area contributed by atoms with Gasteiger partial charge in [-0.1, -0.05) is 0 Å². The van der Waals surface area contributed by atoms with E-state index in [1.54, 1.807) is 11.3 Å². The van der Waals surface area contributed by atoms with Gasteiger partial charge in [0.15, 0.2) is 0 Å². The molecule has 0 aliphatic heterocycles. The lowest BCUT2D eigenvalue weighted by atomic mass is 10.4. The summed E-state index contributed by atoms with van der Waals surface area (Å²) >= 11 is 1.59. The van der Waals surface area contributed by atoms with E-state index in [9.17, 15) is 0 Å². The minimum atomic E-state index is 0.686. The maximum atomic E-state index is 4.33. The number of aromatic nitrogens is 3. The van der Waals surface area contributed by atoms with Gasteiger partial charge in [-0.25, -0.2) is 15.0 Å². The van der Waals surface area contributed by atoms with Crippen molar-refractivity contribution in [3.05, 3.63) is 28.5 Å². The first-order valence-corrected chi connectivity index (χ1v) is 6.42. The lowest BCUT2D eigenvalue weighted by Gasteiger charge is -2.08. The quantitative estimate of drug-likeness (QED) is 0.851. The number of hydrogen-bond acceptors (Lipinski definition) is 6. The Morgan fingerprint density at radius 2 is 2.00 bits per heavy atom. The summed E-state index contributed by atoms with van der Waals surface area (Å²) in [5.74, 6) is 2.42. The van der Waals surface area contributed by atoms with Gasteiger partial charge in [0, 0.05) is 18.0 Å².